The largest absolute Gasteiger partial charge is 0.459 e. The molecule has 13 heavy (non-hydrogen) atoms. The number of aromatic nitrogens is 2. The molecule has 66 valence electrons. The van der Waals surface area contributed by atoms with Crippen molar-refractivity contribution in [3.63, 3.8) is 0 Å². The van der Waals surface area contributed by atoms with Gasteiger partial charge in [-0.15, -0.1) is 0 Å². The Kier molecular flexibility index (Phi) is 2.98. The van der Waals surface area contributed by atoms with Gasteiger partial charge in [-0.25, -0.2) is 14.8 Å². The van der Waals surface area contributed by atoms with Gasteiger partial charge in [0.1, 0.15) is 12.0 Å². The summed E-state index contributed by atoms with van der Waals surface area (Å²) in [6, 6.07) is 1.69. The number of nitrogens with zero attached hydrogens (tertiary/aromatic N) is 2. The summed E-state index contributed by atoms with van der Waals surface area (Å²) in [5.41, 5.74) is 1.32. The minimum absolute atomic E-state index is 0.512. The second-order valence-corrected chi connectivity index (χ2v) is 2.29. The number of methoxy groups -OCH3 is 1. The standard InChI is InChI=1S/C9H8N2O2/c1-7-5-8(11-6-10-7)3-4-9(12)13-2/h5-6H,1-2H3. The van der Waals surface area contributed by atoms with Crippen LogP contribution in [0.2, 0.25) is 0 Å². The fourth-order valence-corrected chi connectivity index (χ4v) is 0.689. The molecule has 0 bridgehead atoms. The van der Waals surface area contributed by atoms with Crippen molar-refractivity contribution in [2.75, 3.05) is 7.11 Å². The molecule has 0 aliphatic heterocycles. The maximum atomic E-state index is 10.6. The lowest BCUT2D eigenvalue weighted by atomic mass is 10.3. The van der Waals surface area contributed by atoms with Crippen LogP contribution in [0.4, 0.5) is 0 Å². The van der Waals surface area contributed by atoms with E-state index >= 15 is 0 Å². The fourth-order valence-electron chi connectivity index (χ4n) is 0.689. The Morgan fingerprint density at radius 2 is 2.31 bits per heavy atom. The smallest absolute Gasteiger partial charge is 0.384 e. The van der Waals surface area contributed by atoms with Crippen LogP contribution in [-0.2, 0) is 9.53 Å². The van der Waals surface area contributed by atoms with Crippen molar-refractivity contribution in [1.29, 1.82) is 0 Å². The quantitative estimate of drug-likeness (QED) is 0.421. The summed E-state index contributed by atoms with van der Waals surface area (Å²) < 4.78 is 4.35. The number of aryl methyl sites for hydroxylation is 1. The average molecular weight is 176 g/mol. The minimum Gasteiger partial charge on any atom is -0.459 e. The highest BCUT2D eigenvalue weighted by Crippen LogP contribution is 1.93. The van der Waals surface area contributed by atoms with Crippen LogP contribution in [0.3, 0.4) is 0 Å². The molecule has 0 fully saturated rings. The first kappa shape index (κ1) is 9.20. The maximum absolute atomic E-state index is 10.6. The molecule has 1 rings (SSSR count). The number of esters is 1. The van der Waals surface area contributed by atoms with E-state index in [-0.39, 0.29) is 0 Å². The number of carbonyl (C=O) groups is 1. The Labute approximate surface area is 76.0 Å². The van der Waals surface area contributed by atoms with Crippen molar-refractivity contribution in [3.05, 3.63) is 23.8 Å². The summed E-state index contributed by atoms with van der Waals surface area (Å²) in [6.45, 7) is 1.82. The summed E-state index contributed by atoms with van der Waals surface area (Å²) in [6.07, 6.45) is 1.40. The second-order valence-electron chi connectivity index (χ2n) is 2.29. The molecule has 0 saturated carbocycles. The summed E-state index contributed by atoms with van der Waals surface area (Å²) in [5, 5.41) is 0. The van der Waals surface area contributed by atoms with E-state index in [1.807, 2.05) is 6.92 Å². The van der Waals surface area contributed by atoms with Crippen LogP contribution < -0.4 is 0 Å². The molecule has 0 aliphatic carbocycles. The van der Waals surface area contributed by atoms with Crippen LogP contribution in [0.25, 0.3) is 0 Å². The van der Waals surface area contributed by atoms with Gasteiger partial charge in [0.25, 0.3) is 0 Å². The lowest BCUT2D eigenvalue weighted by Crippen LogP contribution is -1.95. The van der Waals surface area contributed by atoms with Gasteiger partial charge in [0.15, 0.2) is 0 Å². The van der Waals surface area contributed by atoms with Crippen molar-refractivity contribution < 1.29 is 9.53 Å². The van der Waals surface area contributed by atoms with Gasteiger partial charge in [0.05, 0.1) is 7.11 Å². The van der Waals surface area contributed by atoms with E-state index in [0.29, 0.717) is 5.69 Å². The molecule has 0 unspecified atom stereocenters. The zero-order chi connectivity index (χ0) is 9.68. The fraction of sp³-hybridized carbons (Fsp3) is 0.222. The van der Waals surface area contributed by atoms with Gasteiger partial charge in [0, 0.05) is 11.6 Å². The zero-order valence-electron chi connectivity index (χ0n) is 7.37. The molecule has 1 aromatic heterocycles. The van der Waals surface area contributed by atoms with Gasteiger partial charge >= 0.3 is 5.97 Å². The normalized spacial score (nSPS) is 8.46. The molecule has 0 saturated heterocycles. The highest BCUT2D eigenvalue weighted by molar-refractivity contribution is 5.88. The Balaban J connectivity index is 2.83. The highest BCUT2D eigenvalue weighted by Gasteiger charge is 1.92. The lowest BCUT2D eigenvalue weighted by Gasteiger charge is -1.90. The van der Waals surface area contributed by atoms with Crippen LogP contribution in [0.15, 0.2) is 12.4 Å². The van der Waals surface area contributed by atoms with Crippen molar-refractivity contribution in [3.8, 4) is 11.8 Å². The Morgan fingerprint density at radius 3 is 2.92 bits per heavy atom. The van der Waals surface area contributed by atoms with E-state index in [2.05, 4.69) is 26.5 Å². The molecule has 0 aliphatic rings. The third-order valence-electron chi connectivity index (χ3n) is 1.28. The third-order valence-corrected chi connectivity index (χ3v) is 1.28. The predicted octanol–water partition coefficient (Wildman–Crippen LogP) is 0.310. The second kappa shape index (κ2) is 4.21. The summed E-state index contributed by atoms with van der Waals surface area (Å²) >= 11 is 0. The molecule has 4 nitrogen and oxygen atoms in total. The molecule has 1 heterocycles. The van der Waals surface area contributed by atoms with E-state index < -0.39 is 5.97 Å². The summed E-state index contributed by atoms with van der Waals surface area (Å²) in [4.78, 5) is 18.4. The molecule has 0 spiro atoms. The maximum Gasteiger partial charge on any atom is 0.384 e. The molecular weight excluding hydrogens is 168 g/mol. The summed E-state index contributed by atoms with van der Waals surface area (Å²) in [7, 11) is 1.28. The van der Waals surface area contributed by atoms with Crippen LogP contribution in [0.1, 0.15) is 11.4 Å². The first-order valence-corrected chi connectivity index (χ1v) is 3.61. The van der Waals surface area contributed by atoms with Gasteiger partial charge in [0.2, 0.25) is 0 Å². The van der Waals surface area contributed by atoms with Gasteiger partial charge in [-0.2, -0.15) is 0 Å². The van der Waals surface area contributed by atoms with Crippen molar-refractivity contribution in [2.24, 2.45) is 0 Å². The van der Waals surface area contributed by atoms with Crippen molar-refractivity contribution >= 4 is 5.97 Å². The highest BCUT2D eigenvalue weighted by atomic mass is 16.5. The zero-order valence-corrected chi connectivity index (χ0v) is 7.37. The molecule has 0 N–H and O–H groups in total. The van der Waals surface area contributed by atoms with Crippen molar-refractivity contribution in [2.45, 2.75) is 6.92 Å². The van der Waals surface area contributed by atoms with Gasteiger partial charge in [-0.1, -0.05) is 0 Å². The first-order valence-electron chi connectivity index (χ1n) is 3.61. The van der Waals surface area contributed by atoms with Crippen LogP contribution >= 0.6 is 0 Å². The van der Waals surface area contributed by atoms with Crippen LogP contribution in [-0.4, -0.2) is 23.0 Å². The lowest BCUT2D eigenvalue weighted by molar-refractivity contribution is -0.133. The van der Waals surface area contributed by atoms with Gasteiger partial charge in [-0.05, 0) is 18.9 Å². The molecule has 1 aromatic rings. The van der Waals surface area contributed by atoms with Crippen LogP contribution in [0.5, 0.6) is 0 Å². The number of carbonyl (C=O) groups excluding carboxylic acids is 1. The summed E-state index contributed by atoms with van der Waals surface area (Å²) in [5.74, 6) is 4.26. The monoisotopic (exact) mass is 176 g/mol. The average Bonchev–Trinajstić information content (AvgIpc) is 2.14. The topological polar surface area (TPSA) is 52.1 Å². The molecule has 0 atom stereocenters. The number of rotatable bonds is 0. The number of hydrogen-bond acceptors (Lipinski definition) is 4. The van der Waals surface area contributed by atoms with Gasteiger partial charge < -0.3 is 4.74 Å². The SMILES string of the molecule is COC(=O)C#Cc1cc(C)ncn1. The number of hydrogen-bond donors (Lipinski definition) is 0. The van der Waals surface area contributed by atoms with E-state index in [4.69, 9.17) is 0 Å². The Morgan fingerprint density at radius 1 is 1.54 bits per heavy atom. The molecule has 4 heteroatoms. The Bertz CT molecular complexity index is 377. The van der Waals surface area contributed by atoms with Crippen molar-refractivity contribution in [1.82, 2.24) is 9.97 Å². The van der Waals surface area contributed by atoms with E-state index in [0.717, 1.165) is 5.69 Å². The minimum atomic E-state index is -0.573. The van der Waals surface area contributed by atoms with E-state index in [9.17, 15) is 4.79 Å². The van der Waals surface area contributed by atoms with Crippen LogP contribution in [0, 0.1) is 18.8 Å². The molecule has 0 aromatic carbocycles. The first-order chi connectivity index (χ1) is 6.22. The van der Waals surface area contributed by atoms with E-state index in [1.54, 1.807) is 6.07 Å². The Hall–Kier alpha value is -1.89. The molecule has 0 amide bonds. The van der Waals surface area contributed by atoms with Gasteiger partial charge in [-0.3, -0.25) is 0 Å². The van der Waals surface area contributed by atoms with E-state index in [1.165, 1.54) is 13.4 Å². The molecule has 0 radical (unpaired) electrons. The third kappa shape index (κ3) is 2.91. The predicted molar refractivity (Wildman–Crippen MR) is 45.7 cm³/mol. The number of ether oxygens (including phenoxy) is 1. The molecular formula is C9H8N2O2.